The third-order valence-electron chi connectivity index (χ3n) is 2.62. The van der Waals surface area contributed by atoms with Crippen LogP contribution in [0, 0.1) is 0 Å². The van der Waals surface area contributed by atoms with Gasteiger partial charge in [0.15, 0.2) is 0 Å². The first-order valence-electron chi connectivity index (χ1n) is 4.28. The Balaban J connectivity index is 2.44. The summed E-state index contributed by atoms with van der Waals surface area (Å²) in [7, 11) is 0. The molecule has 4 heteroatoms. The van der Waals surface area contributed by atoms with E-state index in [4.69, 9.17) is 5.11 Å². The zero-order chi connectivity index (χ0) is 9.19. The maximum absolute atomic E-state index is 10.5. The minimum Gasteiger partial charge on any atom is -0.465 e. The maximum Gasteiger partial charge on any atom is 0.407 e. The molecule has 0 aliphatic carbocycles. The third kappa shape index (κ3) is 1.88. The van der Waals surface area contributed by atoms with E-state index in [1.165, 1.54) is 4.90 Å². The molecule has 0 saturated carbocycles. The lowest BCUT2D eigenvalue weighted by molar-refractivity contribution is -0.0194. The van der Waals surface area contributed by atoms with Gasteiger partial charge in [0.2, 0.25) is 0 Å². The molecule has 0 spiro atoms. The molecule has 1 aliphatic heterocycles. The maximum atomic E-state index is 10.5. The van der Waals surface area contributed by atoms with Crippen LogP contribution in [0.3, 0.4) is 0 Å². The molecule has 0 bridgehead atoms. The standard InChI is InChI=1S/C8H15NO3/c1-2-8(12)3-5-9(6-4-8)7(10)11/h12H,2-6H2,1H3,(H,10,11). The smallest absolute Gasteiger partial charge is 0.407 e. The molecule has 1 heterocycles. The summed E-state index contributed by atoms with van der Waals surface area (Å²) in [6, 6.07) is 0. The predicted molar refractivity (Wildman–Crippen MR) is 44.1 cm³/mol. The average Bonchev–Trinajstić information content (AvgIpc) is 2.05. The van der Waals surface area contributed by atoms with Crippen LogP contribution in [-0.4, -0.2) is 39.9 Å². The molecule has 1 amide bonds. The summed E-state index contributed by atoms with van der Waals surface area (Å²) in [6.45, 7) is 2.84. The van der Waals surface area contributed by atoms with E-state index in [-0.39, 0.29) is 0 Å². The lowest BCUT2D eigenvalue weighted by Crippen LogP contribution is -2.45. The molecule has 1 aliphatic rings. The largest absolute Gasteiger partial charge is 0.465 e. The molecule has 0 radical (unpaired) electrons. The molecule has 0 atom stereocenters. The minimum atomic E-state index is -0.881. The van der Waals surface area contributed by atoms with Gasteiger partial charge < -0.3 is 15.1 Å². The van der Waals surface area contributed by atoms with Crippen molar-refractivity contribution in [3.8, 4) is 0 Å². The Kier molecular flexibility index (Phi) is 2.57. The second kappa shape index (κ2) is 3.31. The molecule has 1 saturated heterocycles. The number of hydrogen-bond acceptors (Lipinski definition) is 2. The molecule has 0 aromatic heterocycles. The zero-order valence-corrected chi connectivity index (χ0v) is 7.29. The van der Waals surface area contributed by atoms with E-state index in [2.05, 4.69) is 0 Å². The van der Waals surface area contributed by atoms with Gasteiger partial charge in [0, 0.05) is 13.1 Å². The second-order valence-corrected chi connectivity index (χ2v) is 3.35. The van der Waals surface area contributed by atoms with Crippen LogP contribution in [0.15, 0.2) is 0 Å². The highest BCUT2D eigenvalue weighted by atomic mass is 16.4. The fourth-order valence-electron chi connectivity index (χ4n) is 1.47. The Morgan fingerprint density at radius 2 is 2.00 bits per heavy atom. The summed E-state index contributed by atoms with van der Waals surface area (Å²) in [5.74, 6) is 0. The molecule has 12 heavy (non-hydrogen) atoms. The molecule has 2 N–H and O–H groups in total. The fourth-order valence-corrected chi connectivity index (χ4v) is 1.47. The fraction of sp³-hybridized carbons (Fsp3) is 0.875. The van der Waals surface area contributed by atoms with Crippen LogP contribution in [0.1, 0.15) is 26.2 Å². The second-order valence-electron chi connectivity index (χ2n) is 3.35. The van der Waals surface area contributed by atoms with Crippen molar-refractivity contribution in [2.24, 2.45) is 0 Å². The van der Waals surface area contributed by atoms with Crippen molar-refractivity contribution in [2.45, 2.75) is 31.8 Å². The molecule has 70 valence electrons. The van der Waals surface area contributed by atoms with Crippen molar-refractivity contribution in [3.63, 3.8) is 0 Å². The van der Waals surface area contributed by atoms with Gasteiger partial charge in [-0.1, -0.05) is 6.92 Å². The first kappa shape index (κ1) is 9.32. The van der Waals surface area contributed by atoms with Gasteiger partial charge >= 0.3 is 6.09 Å². The van der Waals surface area contributed by atoms with Crippen molar-refractivity contribution < 1.29 is 15.0 Å². The number of nitrogens with zero attached hydrogens (tertiary/aromatic N) is 1. The summed E-state index contributed by atoms with van der Waals surface area (Å²) in [5.41, 5.74) is -0.619. The molecule has 1 fully saturated rings. The Labute approximate surface area is 71.8 Å². The summed E-state index contributed by atoms with van der Waals surface area (Å²) in [6.07, 6.45) is 0.958. The molecule has 0 aromatic carbocycles. The summed E-state index contributed by atoms with van der Waals surface area (Å²) in [5, 5.41) is 18.4. The molecular formula is C8H15NO3. The van der Waals surface area contributed by atoms with E-state index in [1.54, 1.807) is 0 Å². The van der Waals surface area contributed by atoms with E-state index in [0.29, 0.717) is 32.4 Å². The minimum absolute atomic E-state index is 0.458. The van der Waals surface area contributed by atoms with Crippen molar-refractivity contribution in [1.29, 1.82) is 0 Å². The molecular weight excluding hydrogens is 158 g/mol. The van der Waals surface area contributed by atoms with Gasteiger partial charge in [-0.25, -0.2) is 4.79 Å². The molecule has 1 rings (SSSR count). The predicted octanol–water partition coefficient (Wildman–Crippen LogP) is 0.901. The summed E-state index contributed by atoms with van der Waals surface area (Å²) in [4.78, 5) is 11.8. The number of carbonyl (C=O) groups is 1. The van der Waals surface area contributed by atoms with Gasteiger partial charge in [0.1, 0.15) is 0 Å². The monoisotopic (exact) mass is 173 g/mol. The third-order valence-corrected chi connectivity index (χ3v) is 2.62. The van der Waals surface area contributed by atoms with Gasteiger partial charge in [0.25, 0.3) is 0 Å². The normalized spacial score (nSPS) is 22.3. The highest BCUT2D eigenvalue weighted by Crippen LogP contribution is 2.24. The summed E-state index contributed by atoms with van der Waals surface area (Å²) < 4.78 is 0. The first-order chi connectivity index (χ1) is 5.57. The quantitative estimate of drug-likeness (QED) is 0.619. The van der Waals surface area contributed by atoms with E-state index in [9.17, 15) is 9.90 Å². The number of rotatable bonds is 1. The zero-order valence-electron chi connectivity index (χ0n) is 7.29. The van der Waals surface area contributed by atoms with Crippen LogP contribution in [-0.2, 0) is 0 Å². The molecule has 0 unspecified atom stereocenters. The van der Waals surface area contributed by atoms with Crippen LogP contribution < -0.4 is 0 Å². The number of aliphatic hydroxyl groups is 1. The summed E-state index contributed by atoms with van der Waals surface area (Å²) >= 11 is 0. The van der Waals surface area contributed by atoms with E-state index in [0.717, 1.165) is 0 Å². The van der Waals surface area contributed by atoms with Gasteiger partial charge in [0.05, 0.1) is 5.60 Å². The Bertz CT molecular complexity index is 173. The number of likely N-dealkylation sites (tertiary alicyclic amines) is 1. The number of piperidine rings is 1. The first-order valence-corrected chi connectivity index (χ1v) is 4.28. The lowest BCUT2D eigenvalue weighted by atomic mass is 9.89. The van der Waals surface area contributed by atoms with Crippen molar-refractivity contribution in [2.75, 3.05) is 13.1 Å². The van der Waals surface area contributed by atoms with Gasteiger partial charge in [-0.05, 0) is 19.3 Å². The number of carboxylic acid groups (broad SMARTS) is 1. The van der Waals surface area contributed by atoms with Crippen molar-refractivity contribution in [1.82, 2.24) is 4.90 Å². The van der Waals surface area contributed by atoms with Crippen LogP contribution in [0.25, 0.3) is 0 Å². The van der Waals surface area contributed by atoms with Crippen LogP contribution in [0.5, 0.6) is 0 Å². The van der Waals surface area contributed by atoms with Gasteiger partial charge in [-0.2, -0.15) is 0 Å². The average molecular weight is 173 g/mol. The topological polar surface area (TPSA) is 60.8 Å². The van der Waals surface area contributed by atoms with Gasteiger partial charge in [-0.15, -0.1) is 0 Å². The van der Waals surface area contributed by atoms with E-state index < -0.39 is 11.7 Å². The van der Waals surface area contributed by atoms with E-state index >= 15 is 0 Å². The SMILES string of the molecule is CCC1(O)CCN(C(=O)O)CC1. The van der Waals surface area contributed by atoms with Crippen molar-refractivity contribution in [3.05, 3.63) is 0 Å². The lowest BCUT2D eigenvalue weighted by Gasteiger charge is -2.36. The highest BCUT2D eigenvalue weighted by molar-refractivity contribution is 5.65. The number of amides is 1. The molecule has 0 aromatic rings. The van der Waals surface area contributed by atoms with E-state index in [1.807, 2.05) is 6.92 Å². The number of hydrogen-bond donors (Lipinski definition) is 2. The van der Waals surface area contributed by atoms with Gasteiger partial charge in [-0.3, -0.25) is 0 Å². The van der Waals surface area contributed by atoms with Crippen LogP contribution in [0.2, 0.25) is 0 Å². The van der Waals surface area contributed by atoms with Crippen molar-refractivity contribution >= 4 is 6.09 Å². The highest BCUT2D eigenvalue weighted by Gasteiger charge is 2.31. The Morgan fingerprint density at radius 3 is 2.33 bits per heavy atom. The van der Waals surface area contributed by atoms with Crippen LogP contribution in [0.4, 0.5) is 4.79 Å². The molecule has 4 nitrogen and oxygen atoms in total. The Hall–Kier alpha value is -0.770. The van der Waals surface area contributed by atoms with Crippen LogP contribution >= 0.6 is 0 Å². The Morgan fingerprint density at radius 1 is 1.50 bits per heavy atom.